The van der Waals surface area contributed by atoms with Crippen LogP contribution in [0.2, 0.25) is 10.0 Å². The number of halogens is 2. The first-order valence-electron chi connectivity index (χ1n) is 5.32. The van der Waals surface area contributed by atoms with Crippen LogP contribution in [0.15, 0.2) is 18.2 Å². The summed E-state index contributed by atoms with van der Waals surface area (Å²) in [6.07, 6.45) is 0.563. The lowest BCUT2D eigenvalue weighted by atomic mass is 10.1. The largest absolute Gasteiger partial charge is 0.480 e. The van der Waals surface area contributed by atoms with Crippen molar-refractivity contribution in [3.8, 4) is 0 Å². The Kier molecular flexibility index (Phi) is 5.25. The third-order valence-corrected chi connectivity index (χ3v) is 3.36. The predicted molar refractivity (Wildman–Crippen MR) is 69.6 cm³/mol. The van der Waals surface area contributed by atoms with Gasteiger partial charge in [-0.3, -0.25) is 9.69 Å². The van der Waals surface area contributed by atoms with Crippen LogP contribution in [-0.4, -0.2) is 29.1 Å². The molecule has 0 amide bonds. The van der Waals surface area contributed by atoms with Gasteiger partial charge in [0.1, 0.15) is 6.04 Å². The number of carboxylic acid groups (broad SMARTS) is 1. The van der Waals surface area contributed by atoms with E-state index in [1.807, 2.05) is 13.0 Å². The number of carboxylic acids is 1. The Balaban J connectivity index is 2.76. The number of nitrogens with zero attached hydrogens (tertiary/aromatic N) is 1. The van der Waals surface area contributed by atoms with Crippen molar-refractivity contribution >= 4 is 29.2 Å². The first-order chi connectivity index (χ1) is 7.95. The van der Waals surface area contributed by atoms with Crippen molar-refractivity contribution in [3.63, 3.8) is 0 Å². The summed E-state index contributed by atoms with van der Waals surface area (Å²) in [5.41, 5.74) is 0.946. The van der Waals surface area contributed by atoms with Crippen LogP contribution in [0.3, 0.4) is 0 Å². The van der Waals surface area contributed by atoms with Gasteiger partial charge in [-0.15, -0.1) is 0 Å². The van der Waals surface area contributed by atoms with Crippen LogP contribution in [0.4, 0.5) is 0 Å². The molecule has 0 heterocycles. The van der Waals surface area contributed by atoms with Crippen molar-refractivity contribution in [2.75, 3.05) is 7.05 Å². The van der Waals surface area contributed by atoms with Gasteiger partial charge in [-0.05, 0) is 31.2 Å². The minimum atomic E-state index is -0.810. The number of carbonyl (C=O) groups is 1. The van der Waals surface area contributed by atoms with Crippen LogP contribution in [0.1, 0.15) is 18.9 Å². The van der Waals surface area contributed by atoms with E-state index in [2.05, 4.69) is 0 Å². The molecule has 0 aliphatic heterocycles. The second kappa shape index (κ2) is 6.24. The van der Waals surface area contributed by atoms with E-state index in [9.17, 15) is 4.79 Å². The van der Waals surface area contributed by atoms with E-state index in [0.29, 0.717) is 23.0 Å². The van der Waals surface area contributed by atoms with Gasteiger partial charge in [0, 0.05) is 6.54 Å². The molecule has 0 aromatic heterocycles. The first-order valence-corrected chi connectivity index (χ1v) is 6.08. The zero-order valence-electron chi connectivity index (χ0n) is 9.78. The van der Waals surface area contributed by atoms with Crippen molar-refractivity contribution in [2.45, 2.75) is 25.9 Å². The number of hydrogen-bond acceptors (Lipinski definition) is 2. The number of aliphatic carboxylic acids is 1. The third-order valence-electron chi connectivity index (χ3n) is 2.62. The van der Waals surface area contributed by atoms with Crippen LogP contribution >= 0.6 is 23.2 Å². The standard InChI is InChI=1S/C12H15Cl2NO2/c1-3-11(12(16)17)15(2)7-8-4-5-9(13)10(14)6-8/h4-6,11H,3,7H2,1-2H3,(H,16,17). The molecule has 0 radical (unpaired) electrons. The fourth-order valence-electron chi connectivity index (χ4n) is 1.71. The summed E-state index contributed by atoms with van der Waals surface area (Å²) in [7, 11) is 1.78. The Labute approximate surface area is 111 Å². The molecule has 0 spiro atoms. The summed E-state index contributed by atoms with van der Waals surface area (Å²) >= 11 is 11.7. The molecule has 1 rings (SSSR count). The third kappa shape index (κ3) is 3.87. The number of hydrogen-bond donors (Lipinski definition) is 1. The summed E-state index contributed by atoms with van der Waals surface area (Å²) < 4.78 is 0. The van der Waals surface area contributed by atoms with E-state index in [0.717, 1.165) is 5.56 Å². The smallest absolute Gasteiger partial charge is 0.320 e. The van der Waals surface area contributed by atoms with Crippen molar-refractivity contribution in [1.29, 1.82) is 0 Å². The van der Waals surface area contributed by atoms with Gasteiger partial charge in [0.05, 0.1) is 10.0 Å². The highest BCUT2D eigenvalue weighted by Crippen LogP contribution is 2.23. The van der Waals surface area contributed by atoms with Crippen molar-refractivity contribution in [3.05, 3.63) is 33.8 Å². The molecule has 3 nitrogen and oxygen atoms in total. The van der Waals surface area contributed by atoms with Gasteiger partial charge in [-0.2, -0.15) is 0 Å². The van der Waals surface area contributed by atoms with Gasteiger partial charge in [-0.1, -0.05) is 36.2 Å². The SMILES string of the molecule is CCC(C(=O)O)N(C)Cc1ccc(Cl)c(Cl)c1. The van der Waals surface area contributed by atoms with Crippen LogP contribution in [0, 0.1) is 0 Å². The summed E-state index contributed by atoms with van der Waals surface area (Å²) in [5.74, 6) is -0.810. The molecule has 0 aliphatic carbocycles. The lowest BCUT2D eigenvalue weighted by Gasteiger charge is -2.23. The molecular weight excluding hydrogens is 261 g/mol. The van der Waals surface area contributed by atoms with Crippen LogP contribution in [0.25, 0.3) is 0 Å². The monoisotopic (exact) mass is 275 g/mol. The Bertz CT molecular complexity index is 409. The number of likely N-dealkylation sites (N-methyl/N-ethyl adjacent to an activating group) is 1. The maximum Gasteiger partial charge on any atom is 0.320 e. The minimum Gasteiger partial charge on any atom is -0.480 e. The zero-order valence-corrected chi connectivity index (χ0v) is 11.3. The molecule has 1 unspecified atom stereocenters. The molecule has 5 heteroatoms. The molecule has 94 valence electrons. The van der Waals surface area contributed by atoms with Crippen molar-refractivity contribution in [1.82, 2.24) is 4.90 Å². The van der Waals surface area contributed by atoms with Gasteiger partial charge >= 0.3 is 5.97 Å². The molecule has 0 saturated carbocycles. The molecular formula is C12H15Cl2NO2. The lowest BCUT2D eigenvalue weighted by Crippen LogP contribution is -2.37. The summed E-state index contributed by atoms with van der Waals surface area (Å²) in [5, 5.41) is 10.0. The highest BCUT2D eigenvalue weighted by molar-refractivity contribution is 6.42. The Morgan fingerprint density at radius 3 is 2.53 bits per heavy atom. The number of benzene rings is 1. The highest BCUT2D eigenvalue weighted by Gasteiger charge is 2.20. The molecule has 0 aliphatic rings. The van der Waals surface area contributed by atoms with Gasteiger partial charge in [0.25, 0.3) is 0 Å². The fraction of sp³-hybridized carbons (Fsp3) is 0.417. The molecule has 1 aromatic carbocycles. The maximum atomic E-state index is 11.0. The fourth-order valence-corrected chi connectivity index (χ4v) is 2.03. The predicted octanol–water partition coefficient (Wildman–Crippen LogP) is 3.29. The Morgan fingerprint density at radius 2 is 2.06 bits per heavy atom. The average Bonchev–Trinajstić information content (AvgIpc) is 2.24. The van der Waals surface area contributed by atoms with E-state index in [-0.39, 0.29) is 0 Å². The Hall–Kier alpha value is -0.770. The average molecular weight is 276 g/mol. The second-order valence-corrected chi connectivity index (χ2v) is 4.74. The molecule has 0 bridgehead atoms. The molecule has 1 aromatic rings. The minimum absolute atomic E-state index is 0.482. The highest BCUT2D eigenvalue weighted by atomic mass is 35.5. The molecule has 0 saturated heterocycles. The summed E-state index contributed by atoms with van der Waals surface area (Å²) in [4.78, 5) is 12.8. The quantitative estimate of drug-likeness (QED) is 0.897. The van der Waals surface area contributed by atoms with Crippen LogP contribution in [0.5, 0.6) is 0 Å². The molecule has 1 atom stereocenters. The van der Waals surface area contributed by atoms with E-state index in [1.165, 1.54) is 0 Å². The van der Waals surface area contributed by atoms with Crippen molar-refractivity contribution < 1.29 is 9.90 Å². The van der Waals surface area contributed by atoms with Crippen LogP contribution < -0.4 is 0 Å². The molecule has 0 fully saturated rings. The topological polar surface area (TPSA) is 40.5 Å². The van der Waals surface area contributed by atoms with Gasteiger partial charge in [0.2, 0.25) is 0 Å². The lowest BCUT2D eigenvalue weighted by molar-refractivity contribution is -0.143. The number of rotatable bonds is 5. The molecule has 17 heavy (non-hydrogen) atoms. The molecule has 1 N–H and O–H groups in total. The van der Waals surface area contributed by atoms with E-state index in [1.54, 1.807) is 24.1 Å². The second-order valence-electron chi connectivity index (χ2n) is 3.93. The Morgan fingerprint density at radius 1 is 1.41 bits per heavy atom. The normalized spacial score (nSPS) is 12.8. The van der Waals surface area contributed by atoms with Crippen LogP contribution in [-0.2, 0) is 11.3 Å². The summed E-state index contributed by atoms with van der Waals surface area (Å²) in [6, 6.07) is 4.84. The maximum absolute atomic E-state index is 11.0. The van der Waals surface area contributed by atoms with Gasteiger partial charge < -0.3 is 5.11 Å². The van der Waals surface area contributed by atoms with E-state index < -0.39 is 12.0 Å². The van der Waals surface area contributed by atoms with E-state index in [4.69, 9.17) is 28.3 Å². The van der Waals surface area contributed by atoms with Gasteiger partial charge in [0.15, 0.2) is 0 Å². The van der Waals surface area contributed by atoms with E-state index >= 15 is 0 Å². The zero-order chi connectivity index (χ0) is 13.0. The summed E-state index contributed by atoms with van der Waals surface area (Å²) in [6.45, 7) is 2.38. The van der Waals surface area contributed by atoms with Crippen molar-refractivity contribution in [2.24, 2.45) is 0 Å². The van der Waals surface area contributed by atoms with Gasteiger partial charge in [-0.25, -0.2) is 0 Å². The first kappa shape index (κ1) is 14.3.